The number of pyridine rings is 1. The largest absolute Gasteiger partial charge is 1.00 e. The van der Waals surface area contributed by atoms with Gasteiger partial charge in [-0.3, -0.25) is 0 Å². The van der Waals surface area contributed by atoms with Gasteiger partial charge in [0.1, 0.15) is 6.54 Å². The lowest BCUT2D eigenvalue weighted by Crippen LogP contribution is -3.00. The fraction of sp³-hybridized carbons (Fsp3) is 0.500. The maximum Gasteiger partial charge on any atom is 0.169 e. The number of aryl methyl sites for hydroxylation is 1. The average molecular weight is 277 g/mol. The van der Waals surface area contributed by atoms with Gasteiger partial charge < -0.3 is 22.7 Å². The Labute approximate surface area is 102 Å². The van der Waals surface area contributed by atoms with Crippen molar-refractivity contribution in [2.45, 2.75) is 25.9 Å². The monoisotopic (exact) mass is 276 g/mol. The summed E-state index contributed by atoms with van der Waals surface area (Å²) < 4.78 is 2.18. The van der Waals surface area contributed by atoms with E-state index < -0.39 is 0 Å². The Morgan fingerprint density at radius 3 is 2.36 bits per heavy atom. The first-order valence-electron chi connectivity index (χ1n) is 4.65. The van der Waals surface area contributed by atoms with Gasteiger partial charge in [0.2, 0.25) is 0 Å². The van der Waals surface area contributed by atoms with Crippen molar-refractivity contribution in [1.29, 1.82) is 0 Å². The lowest BCUT2D eigenvalue weighted by Gasteiger charge is -1.97. The van der Waals surface area contributed by atoms with Crippen molar-refractivity contribution in [3.8, 4) is 0 Å². The molecule has 2 N–H and O–H groups in total. The predicted molar refractivity (Wildman–Crippen MR) is 57.6 cm³/mol. The number of unbranched alkanes of at least 4 members (excludes halogenated alkanes) is 1. The van der Waals surface area contributed by atoms with Crippen LogP contribution in [-0.4, -0.2) is 5.75 Å². The summed E-state index contributed by atoms with van der Waals surface area (Å²) in [5.41, 5.74) is 6.69. The molecule has 0 amide bonds. The van der Waals surface area contributed by atoms with E-state index in [1.54, 1.807) is 0 Å². The molecule has 0 atom stereocenters. The van der Waals surface area contributed by atoms with E-state index in [0.29, 0.717) is 6.54 Å². The number of thiol groups is 1. The van der Waals surface area contributed by atoms with E-state index in [9.17, 15) is 0 Å². The second-order valence-corrected chi connectivity index (χ2v) is 3.53. The first-order valence-corrected chi connectivity index (χ1v) is 5.29. The third-order valence-electron chi connectivity index (χ3n) is 2.02. The quantitative estimate of drug-likeness (QED) is 0.369. The molecule has 0 unspecified atom stereocenters. The summed E-state index contributed by atoms with van der Waals surface area (Å²) in [5.74, 6) is 0.974. The number of rotatable bonds is 5. The molecule has 0 radical (unpaired) electrons. The Morgan fingerprint density at radius 2 is 1.86 bits per heavy atom. The van der Waals surface area contributed by atoms with Crippen LogP contribution in [0.25, 0.3) is 0 Å². The van der Waals surface area contributed by atoms with Crippen LogP contribution >= 0.6 is 12.6 Å². The van der Waals surface area contributed by atoms with E-state index in [4.69, 9.17) is 5.73 Å². The van der Waals surface area contributed by atoms with Crippen molar-refractivity contribution in [2.75, 3.05) is 5.75 Å². The minimum absolute atomic E-state index is 0. The Bertz CT molecular complexity index is 238. The maximum absolute atomic E-state index is 5.50. The lowest BCUT2D eigenvalue weighted by molar-refractivity contribution is -0.697. The van der Waals surface area contributed by atoms with Gasteiger partial charge in [0.25, 0.3) is 0 Å². The highest BCUT2D eigenvalue weighted by molar-refractivity contribution is 7.80. The zero-order valence-corrected chi connectivity index (χ0v) is 10.7. The highest BCUT2D eigenvalue weighted by atomic mass is 79.9. The smallest absolute Gasteiger partial charge is 0.169 e. The van der Waals surface area contributed by atoms with Gasteiger partial charge in [-0.2, -0.15) is 12.6 Å². The third kappa shape index (κ3) is 4.98. The third-order valence-corrected chi connectivity index (χ3v) is 2.34. The van der Waals surface area contributed by atoms with Crippen LogP contribution in [0.15, 0.2) is 24.5 Å². The minimum atomic E-state index is 0. The number of aromatic nitrogens is 1. The summed E-state index contributed by atoms with van der Waals surface area (Å²) in [6.07, 6.45) is 6.53. The molecule has 80 valence electrons. The summed E-state index contributed by atoms with van der Waals surface area (Å²) in [4.78, 5) is 0. The highest BCUT2D eigenvalue weighted by Crippen LogP contribution is 1.94. The molecule has 1 rings (SSSR count). The topological polar surface area (TPSA) is 29.9 Å². The fourth-order valence-electron chi connectivity index (χ4n) is 1.18. The average Bonchev–Trinajstić information content (AvgIpc) is 2.19. The minimum Gasteiger partial charge on any atom is -1.00 e. The van der Waals surface area contributed by atoms with Gasteiger partial charge in [0.05, 0.1) is 0 Å². The Kier molecular flexibility index (Phi) is 8.23. The number of nitrogens with zero attached hydrogens (tertiary/aromatic N) is 1. The van der Waals surface area contributed by atoms with Crippen LogP contribution in [0.4, 0.5) is 0 Å². The highest BCUT2D eigenvalue weighted by Gasteiger charge is 1.98. The van der Waals surface area contributed by atoms with Crippen molar-refractivity contribution in [3.63, 3.8) is 0 Å². The van der Waals surface area contributed by atoms with E-state index in [2.05, 4.69) is 41.7 Å². The van der Waals surface area contributed by atoms with Crippen molar-refractivity contribution in [2.24, 2.45) is 5.73 Å². The number of hydrogen-bond acceptors (Lipinski definition) is 2. The second kappa shape index (κ2) is 8.26. The molecular weight excluding hydrogens is 260 g/mol. The molecule has 14 heavy (non-hydrogen) atoms. The molecule has 4 heteroatoms. The van der Waals surface area contributed by atoms with Crippen molar-refractivity contribution in [1.82, 2.24) is 0 Å². The summed E-state index contributed by atoms with van der Waals surface area (Å²) in [7, 11) is 0. The molecule has 0 aromatic carbocycles. The molecule has 0 spiro atoms. The zero-order valence-electron chi connectivity index (χ0n) is 8.19. The van der Waals surface area contributed by atoms with Gasteiger partial charge >= 0.3 is 0 Å². The van der Waals surface area contributed by atoms with Crippen LogP contribution in [0, 0.1) is 0 Å². The van der Waals surface area contributed by atoms with Gasteiger partial charge in [0, 0.05) is 25.1 Å². The van der Waals surface area contributed by atoms with Gasteiger partial charge in [-0.15, -0.1) is 0 Å². The molecule has 1 aromatic rings. The molecule has 0 saturated carbocycles. The van der Waals surface area contributed by atoms with E-state index in [1.807, 2.05) is 0 Å². The van der Waals surface area contributed by atoms with Crippen LogP contribution in [0.1, 0.15) is 18.4 Å². The zero-order chi connectivity index (χ0) is 9.52. The predicted octanol–water partition coefficient (Wildman–Crippen LogP) is -1.85. The molecular formula is C10H17BrN2S. The Morgan fingerprint density at radius 1 is 1.21 bits per heavy atom. The maximum atomic E-state index is 5.50. The SMILES string of the molecule is NCc1cc[n+](CCCCS)cc1.[Br-]. The standard InChI is InChI=1S/C10H16N2S.BrH/c11-9-10-3-6-12(7-4-10)5-1-2-8-13;/h3-4,6-7H,1-2,5,8-9,11H2;1H. The Hall–Kier alpha value is -0.0600. The van der Waals surface area contributed by atoms with Crippen molar-refractivity contribution >= 4 is 12.6 Å². The second-order valence-electron chi connectivity index (χ2n) is 3.08. The van der Waals surface area contributed by atoms with E-state index >= 15 is 0 Å². The number of hydrogen-bond donors (Lipinski definition) is 2. The molecule has 0 fully saturated rings. The molecule has 1 aromatic heterocycles. The molecule has 0 aliphatic carbocycles. The van der Waals surface area contributed by atoms with Crippen molar-refractivity contribution < 1.29 is 21.5 Å². The summed E-state index contributed by atoms with van der Waals surface area (Å²) >= 11 is 4.17. The van der Waals surface area contributed by atoms with Crippen molar-refractivity contribution in [3.05, 3.63) is 30.1 Å². The van der Waals surface area contributed by atoms with Gasteiger partial charge in [-0.25, -0.2) is 4.57 Å². The van der Waals surface area contributed by atoms with Crippen LogP contribution in [-0.2, 0) is 13.1 Å². The fourth-order valence-corrected chi connectivity index (χ4v) is 1.40. The molecule has 0 aliphatic rings. The van der Waals surface area contributed by atoms with Gasteiger partial charge in [0.15, 0.2) is 12.4 Å². The van der Waals surface area contributed by atoms with Crippen LogP contribution in [0.2, 0.25) is 0 Å². The van der Waals surface area contributed by atoms with Crippen LogP contribution in [0.3, 0.4) is 0 Å². The molecule has 0 bridgehead atoms. The van der Waals surface area contributed by atoms with E-state index in [0.717, 1.165) is 12.3 Å². The molecule has 0 aliphatic heterocycles. The van der Waals surface area contributed by atoms with Crippen LogP contribution < -0.4 is 27.3 Å². The molecule has 1 heterocycles. The van der Waals surface area contributed by atoms with E-state index in [-0.39, 0.29) is 17.0 Å². The first kappa shape index (κ1) is 13.9. The summed E-state index contributed by atoms with van der Waals surface area (Å²) in [6.45, 7) is 1.70. The molecule has 0 saturated heterocycles. The summed E-state index contributed by atoms with van der Waals surface area (Å²) in [6, 6.07) is 4.14. The first-order chi connectivity index (χ1) is 6.36. The van der Waals surface area contributed by atoms with E-state index in [1.165, 1.54) is 18.4 Å². The summed E-state index contributed by atoms with van der Waals surface area (Å²) in [5, 5.41) is 0. The Balaban J connectivity index is 0.00000169. The normalized spacial score (nSPS) is 9.57. The van der Waals surface area contributed by atoms with Gasteiger partial charge in [-0.05, 0) is 17.7 Å². The van der Waals surface area contributed by atoms with Crippen LogP contribution in [0.5, 0.6) is 0 Å². The number of halogens is 1. The van der Waals surface area contributed by atoms with Gasteiger partial charge in [-0.1, -0.05) is 0 Å². The lowest BCUT2D eigenvalue weighted by atomic mass is 10.2. The molecule has 2 nitrogen and oxygen atoms in total. The number of nitrogens with two attached hydrogens (primary N) is 1.